The van der Waals surface area contributed by atoms with Crippen LogP contribution in [-0.2, 0) is 6.42 Å². The first-order valence-electron chi connectivity index (χ1n) is 12.1. The van der Waals surface area contributed by atoms with Crippen molar-refractivity contribution in [2.75, 3.05) is 0 Å². The highest BCUT2D eigenvalue weighted by molar-refractivity contribution is 6.30. The van der Waals surface area contributed by atoms with Crippen molar-refractivity contribution in [2.24, 2.45) is 0 Å². The van der Waals surface area contributed by atoms with Crippen LogP contribution in [0, 0.1) is 0 Å². The van der Waals surface area contributed by atoms with Crippen LogP contribution in [0.4, 0.5) is 0 Å². The Morgan fingerprint density at radius 2 is 1.51 bits per heavy atom. The number of rotatable bonds is 6. The average Bonchev–Trinajstić information content (AvgIpc) is 3.37. The van der Waals surface area contributed by atoms with Gasteiger partial charge in [0.2, 0.25) is 0 Å². The van der Waals surface area contributed by atoms with Crippen LogP contribution in [0.1, 0.15) is 27.8 Å². The van der Waals surface area contributed by atoms with E-state index in [9.17, 15) is 4.79 Å². The molecule has 0 radical (unpaired) electrons. The van der Waals surface area contributed by atoms with E-state index in [0.717, 1.165) is 38.9 Å². The summed E-state index contributed by atoms with van der Waals surface area (Å²) in [5.74, 6) is 0.532. The highest BCUT2D eigenvalue weighted by Crippen LogP contribution is 2.27. The second kappa shape index (κ2) is 9.88. The van der Waals surface area contributed by atoms with Crippen LogP contribution in [-0.4, -0.2) is 20.9 Å². The number of carbonyl (C=O) groups is 1. The zero-order valence-corrected chi connectivity index (χ0v) is 20.6. The van der Waals surface area contributed by atoms with E-state index in [4.69, 9.17) is 21.6 Å². The Balaban J connectivity index is 1.41. The summed E-state index contributed by atoms with van der Waals surface area (Å²) in [7, 11) is 0. The average molecular weight is 503 g/mol. The van der Waals surface area contributed by atoms with Crippen LogP contribution in [0.15, 0.2) is 109 Å². The molecule has 0 aliphatic rings. The lowest BCUT2D eigenvalue weighted by Gasteiger charge is -2.18. The minimum atomic E-state index is -0.354. The SMILES string of the molecule is O=C(NC(Cc1ccccc1)c1nc2ccccc2[nH]1)c1cc(-c2ccc(Cl)cc2)nc2ccccc12. The van der Waals surface area contributed by atoms with Gasteiger partial charge in [-0.05, 0) is 48.4 Å². The fraction of sp³-hybridized carbons (Fsp3) is 0.0645. The molecule has 0 aliphatic carbocycles. The zero-order valence-electron chi connectivity index (χ0n) is 19.9. The van der Waals surface area contributed by atoms with Crippen molar-refractivity contribution in [1.82, 2.24) is 20.3 Å². The summed E-state index contributed by atoms with van der Waals surface area (Å²) in [6.45, 7) is 0. The number of carbonyl (C=O) groups excluding carboxylic acids is 1. The summed E-state index contributed by atoms with van der Waals surface area (Å²) in [5.41, 5.74) is 5.82. The largest absolute Gasteiger partial charge is 0.342 e. The lowest BCUT2D eigenvalue weighted by molar-refractivity contribution is 0.0936. The molecule has 6 aromatic rings. The molecular weight excluding hydrogens is 480 g/mol. The molecule has 0 aliphatic heterocycles. The van der Waals surface area contributed by atoms with E-state index < -0.39 is 0 Å². The molecule has 5 nitrogen and oxygen atoms in total. The van der Waals surface area contributed by atoms with Crippen molar-refractivity contribution in [3.8, 4) is 11.3 Å². The molecule has 0 fully saturated rings. The normalized spacial score (nSPS) is 12.0. The second-order valence-electron chi connectivity index (χ2n) is 8.93. The summed E-state index contributed by atoms with van der Waals surface area (Å²) in [6.07, 6.45) is 0.597. The maximum Gasteiger partial charge on any atom is 0.252 e. The number of aromatic nitrogens is 3. The van der Waals surface area contributed by atoms with E-state index in [0.29, 0.717) is 22.7 Å². The molecule has 180 valence electrons. The second-order valence-corrected chi connectivity index (χ2v) is 9.37. The molecule has 1 atom stereocenters. The van der Waals surface area contributed by atoms with Gasteiger partial charge in [0.15, 0.2) is 0 Å². The third kappa shape index (κ3) is 4.82. The maximum atomic E-state index is 13.9. The van der Waals surface area contributed by atoms with Gasteiger partial charge in [0, 0.05) is 16.0 Å². The van der Waals surface area contributed by atoms with Gasteiger partial charge >= 0.3 is 0 Å². The smallest absolute Gasteiger partial charge is 0.252 e. The molecule has 6 rings (SSSR count). The van der Waals surface area contributed by atoms with E-state index in [1.54, 1.807) is 0 Å². The number of H-pyrrole nitrogens is 1. The summed E-state index contributed by atoms with van der Waals surface area (Å²) in [6, 6.07) is 34.6. The highest BCUT2D eigenvalue weighted by atomic mass is 35.5. The Morgan fingerprint density at radius 3 is 2.30 bits per heavy atom. The fourth-order valence-electron chi connectivity index (χ4n) is 4.57. The molecule has 2 heterocycles. The first-order chi connectivity index (χ1) is 18.1. The molecular formula is C31H23ClN4O. The Morgan fingerprint density at radius 1 is 0.811 bits per heavy atom. The van der Waals surface area contributed by atoms with E-state index in [-0.39, 0.29) is 11.9 Å². The predicted octanol–water partition coefficient (Wildman–Crippen LogP) is 7.15. The lowest BCUT2D eigenvalue weighted by atomic mass is 10.0. The number of halogens is 1. The number of para-hydroxylation sites is 3. The summed E-state index contributed by atoms with van der Waals surface area (Å²) in [5, 5.41) is 4.70. The Kier molecular flexibility index (Phi) is 6.13. The standard InChI is InChI=1S/C31H23ClN4O/c32-22-16-14-21(15-17-22)28-19-24(23-10-4-5-11-25(23)33-28)31(37)36-29(18-20-8-2-1-3-9-20)30-34-26-12-6-7-13-27(26)35-30/h1-17,19,29H,18H2,(H,34,35)(H,36,37). The van der Waals surface area contributed by atoms with Gasteiger partial charge in [0.1, 0.15) is 5.82 Å². The van der Waals surface area contributed by atoms with Gasteiger partial charge < -0.3 is 10.3 Å². The molecule has 0 spiro atoms. The number of hydrogen-bond donors (Lipinski definition) is 2. The quantitative estimate of drug-likeness (QED) is 0.254. The van der Waals surface area contributed by atoms with Crippen LogP contribution >= 0.6 is 11.6 Å². The Hall–Kier alpha value is -4.48. The number of aromatic amines is 1. The molecule has 37 heavy (non-hydrogen) atoms. The summed E-state index contributed by atoms with van der Waals surface area (Å²) in [4.78, 5) is 26.9. The zero-order chi connectivity index (χ0) is 25.2. The van der Waals surface area contributed by atoms with Gasteiger partial charge in [-0.1, -0.05) is 84.4 Å². The molecule has 6 heteroatoms. The van der Waals surface area contributed by atoms with E-state index in [1.807, 2.05) is 97.1 Å². The number of benzene rings is 4. The highest BCUT2D eigenvalue weighted by Gasteiger charge is 2.22. The first-order valence-corrected chi connectivity index (χ1v) is 12.5. The van der Waals surface area contributed by atoms with Crippen molar-refractivity contribution in [2.45, 2.75) is 12.5 Å². The van der Waals surface area contributed by atoms with Crippen molar-refractivity contribution in [3.05, 3.63) is 131 Å². The van der Waals surface area contributed by atoms with Crippen molar-refractivity contribution >= 4 is 39.4 Å². The molecule has 2 aromatic heterocycles. The number of amides is 1. The minimum Gasteiger partial charge on any atom is -0.342 e. The molecule has 1 amide bonds. The van der Waals surface area contributed by atoms with Gasteiger partial charge in [0.25, 0.3) is 5.91 Å². The minimum absolute atomic E-state index is 0.185. The van der Waals surface area contributed by atoms with Crippen LogP contribution in [0.2, 0.25) is 5.02 Å². The van der Waals surface area contributed by atoms with E-state index in [2.05, 4.69) is 22.4 Å². The summed E-state index contributed by atoms with van der Waals surface area (Å²) < 4.78 is 0. The van der Waals surface area contributed by atoms with Gasteiger partial charge in [-0.3, -0.25) is 4.79 Å². The monoisotopic (exact) mass is 502 g/mol. The Labute approximate surface area is 219 Å². The van der Waals surface area contributed by atoms with Gasteiger partial charge in [-0.25, -0.2) is 9.97 Å². The summed E-state index contributed by atoms with van der Waals surface area (Å²) >= 11 is 6.09. The van der Waals surface area contributed by atoms with Crippen LogP contribution in [0.3, 0.4) is 0 Å². The molecule has 2 N–H and O–H groups in total. The third-order valence-electron chi connectivity index (χ3n) is 6.43. The van der Waals surface area contributed by atoms with Crippen LogP contribution in [0.5, 0.6) is 0 Å². The van der Waals surface area contributed by atoms with Crippen LogP contribution < -0.4 is 5.32 Å². The number of pyridine rings is 1. The topological polar surface area (TPSA) is 70.7 Å². The molecule has 0 saturated heterocycles. The fourth-order valence-corrected chi connectivity index (χ4v) is 4.70. The molecule has 0 saturated carbocycles. The van der Waals surface area contributed by atoms with Gasteiger partial charge in [0.05, 0.1) is 33.8 Å². The third-order valence-corrected chi connectivity index (χ3v) is 6.68. The number of imidazole rings is 1. The predicted molar refractivity (Wildman–Crippen MR) is 149 cm³/mol. The number of fused-ring (bicyclic) bond motifs is 2. The maximum absolute atomic E-state index is 13.9. The molecule has 1 unspecified atom stereocenters. The van der Waals surface area contributed by atoms with E-state index in [1.165, 1.54) is 0 Å². The van der Waals surface area contributed by atoms with Crippen LogP contribution in [0.25, 0.3) is 33.2 Å². The van der Waals surface area contributed by atoms with Gasteiger partial charge in [-0.2, -0.15) is 0 Å². The van der Waals surface area contributed by atoms with Crippen molar-refractivity contribution in [3.63, 3.8) is 0 Å². The first kappa shape index (κ1) is 23.0. The Bertz CT molecular complexity index is 1680. The number of hydrogen-bond acceptors (Lipinski definition) is 3. The molecule has 0 bridgehead atoms. The lowest BCUT2D eigenvalue weighted by Crippen LogP contribution is -2.31. The van der Waals surface area contributed by atoms with Crippen molar-refractivity contribution < 1.29 is 4.79 Å². The van der Waals surface area contributed by atoms with Gasteiger partial charge in [-0.15, -0.1) is 0 Å². The van der Waals surface area contributed by atoms with E-state index >= 15 is 0 Å². The number of nitrogens with zero attached hydrogens (tertiary/aromatic N) is 2. The molecule has 4 aromatic carbocycles. The van der Waals surface area contributed by atoms with Crippen molar-refractivity contribution in [1.29, 1.82) is 0 Å². The number of nitrogens with one attached hydrogen (secondary N) is 2.